The lowest BCUT2D eigenvalue weighted by Crippen LogP contribution is -2.39. The fourth-order valence-electron chi connectivity index (χ4n) is 4.46. The molecule has 1 amide bonds. The summed E-state index contributed by atoms with van der Waals surface area (Å²) >= 11 is 3.35. The number of aromatic nitrogens is 2. The summed E-state index contributed by atoms with van der Waals surface area (Å²) in [6, 6.07) is 4.94. The first kappa shape index (κ1) is 21.2. The number of benzene rings is 1. The molecule has 1 N–H and O–H groups in total. The van der Waals surface area contributed by atoms with Crippen molar-refractivity contribution in [2.45, 2.75) is 62.8 Å². The Labute approximate surface area is 181 Å². The van der Waals surface area contributed by atoms with E-state index >= 15 is 0 Å². The quantitative estimate of drug-likeness (QED) is 0.606. The van der Waals surface area contributed by atoms with E-state index in [4.69, 9.17) is 0 Å². The molecule has 0 bridgehead atoms. The zero-order valence-corrected chi connectivity index (χ0v) is 18.2. The van der Waals surface area contributed by atoms with Crippen LogP contribution >= 0.6 is 15.9 Å². The van der Waals surface area contributed by atoms with E-state index in [1.54, 1.807) is 36.2 Å². The van der Waals surface area contributed by atoms with E-state index in [9.17, 15) is 18.0 Å². The fourth-order valence-corrected chi connectivity index (χ4v) is 4.72. The van der Waals surface area contributed by atoms with Crippen LogP contribution in [0.2, 0.25) is 0 Å². The average Bonchev–Trinajstić information content (AvgIpc) is 3.16. The van der Waals surface area contributed by atoms with E-state index in [0.29, 0.717) is 0 Å². The molecule has 1 aliphatic carbocycles. The average molecular weight is 485 g/mol. The highest BCUT2D eigenvalue weighted by Crippen LogP contribution is 2.44. The number of carbonyl (C=O) groups excluding carboxylic acids is 1. The first-order valence-electron chi connectivity index (χ1n) is 10.2. The number of hydrogen-bond acceptors (Lipinski definition) is 3. The van der Waals surface area contributed by atoms with Gasteiger partial charge in [0.2, 0.25) is 0 Å². The van der Waals surface area contributed by atoms with Crippen molar-refractivity contribution in [1.82, 2.24) is 14.7 Å². The van der Waals surface area contributed by atoms with Crippen LogP contribution in [-0.2, 0) is 0 Å². The van der Waals surface area contributed by atoms with E-state index in [1.165, 1.54) is 6.20 Å². The standard InChI is InChI=1S/C21H24BrF3N4O/c1-28(15-5-3-2-4-6-15)20(30)16-12-26-29-18(21(23,24)25)11-17(27-19(16)29)13-7-9-14(22)10-8-13/h7-10,12,15,17-18,27H,2-6,11H2,1H3/t17-,18+/m0/s1. The molecule has 4 rings (SSSR count). The highest BCUT2D eigenvalue weighted by atomic mass is 79.9. The molecule has 0 saturated heterocycles. The molecular weight excluding hydrogens is 461 g/mol. The van der Waals surface area contributed by atoms with Gasteiger partial charge in [0.25, 0.3) is 5.91 Å². The maximum Gasteiger partial charge on any atom is 0.410 e. The van der Waals surface area contributed by atoms with Gasteiger partial charge in [0.1, 0.15) is 11.4 Å². The molecule has 1 aliphatic heterocycles. The van der Waals surface area contributed by atoms with Gasteiger partial charge in [-0.25, -0.2) is 4.68 Å². The summed E-state index contributed by atoms with van der Waals surface area (Å²) in [5.41, 5.74) is 0.929. The van der Waals surface area contributed by atoms with Crippen molar-refractivity contribution < 1.29 is 18.0 Å². The third kappa shape index (κ3) is 4.08. The van der Waals surface area contributed by atoms with Crippen molar-refractivity contribution >= 4 is 27.7 Å². The maximum absolute atomic E-state index is 13.8. The number of hydrogen-bond donors (Lipinski definition) is 1. The molecule has 2 atom stereocenters. The zero-order valence-electron chi connectivity index (χ0n) is 16.6. The van der Waals surface area contributed by atoms with Crippen molar-refractivity contribution in [2.24, 2.45) is 0 Å². The summed E-state index contributed by atoms with van der Waals surface area (Å²) in [5, 5.41) is 7.13. The lowest BCUT2D eigenvalue weighted by Gasteiger charge is -2.35. The number of alkyl halides is 3. The second-order valence-corrected chi connectivity index (χ2v) is 9.02. The lowest BCUT2D eigenvalue weighted by atomic mass is 9.94. The van der Waals surface area contributed by atoms with Crippen LogP contribution in [0.3, 0.4) is 0 Å². The number of nitrogens with one attached hydrogen (secondary N) is 1. The normalized spacial score (nSPS) is 22.3. The summed E-state index contributed by atoms with van der Waals surface area (Å²) in [7, 11) is 1.73. The highest BCUT2D eigenvalue weighted by molar-refractivity contribution is 9.10. The van der Waals surface area contributed by atoms with Crippen LogP contribution in [0.5, 0.6) is 0 Å². The van der Waals surface area contributed by atoms with Crippen LogP contribution in [0.25, 0.3) is 0 Å². The Morgan fingerprint density at radius 1 is 1.20 bits per heavy atom. The van der Waals surface area contributed by atoms with Crippen LogP contribution in [0, 0.1) is 0 Å². The van der Waals surface area contributed by atoms with Gasteiger partial charge in [-0.1, -0.05) is 47.3 Å². The van der Waals surface area contributed by atoms with Crippen LogP contribution < -0.4 is 5.32 Å². The summed E-state index contributed by atoms with van der Waals surface area (Å²) in [4.78, 5) is 14.8. The van der Waals surface area contributed by atoms with E-state index in [0.717, 1.165) is 46.8 Å². The molecule has 5 nitrogen and oxygen atoms in total. The second-order valence-electron chi connectivity index (χ2n) is 8.10. The predicted molar refractivity (Wildman–Crippen MR) is 111 cm³/mol. The molecule has 9 heteroatoms. The molecule has 30 heavy (non-hydrogen) atoms. The SMILES string of the molecule is CN(C(=O)c1cnn2c1N[C@H](c1ccc(Br)cc1)C[C@@H]2C(F)(F)F)C1CCCCC1. The topological polar surface area (TPSA) is 50.2 Å². The number of amides is 1. The molecule has 1 saturated carbocycles. The molecule has 0 radical (unpaired) electrons. The largest absolute Gasteiger partial charge is 0.410 e. The molecule has 2 heterocycles. The Morgan fingerprint density at radius 2 is 1.87 bits per heavy atom. The zero-order chi connectivity index (χ0) is 21.5. The summed E-state index contributed by atoms with van der Waals surface area (Å²) in [6.45, 7) is 0. The number of rotatable bonds is 3. The van der Waals surface area contributed by atoms with Gasteiger partial charge in [-0.2, -0.15) is 18.3 Å². The van der Waals surface area contributed by atoms with Crippen molar-refractivity contribution in [3.05, 3.63) is 46.1 Å². The minimum Gasteiger partial charge on any atom is -0.363 e. The number of nitrogens with zero attached hydrogens (tertiary/aromatic N) is 3. The van der Waals surface area contributed by atoms with E-state index < -0.39 is 18.3 Å². The molecule has 2 aliphatic rings. The molecule has 1 aromatic carbocycles. The minimum absolute atomic E-state index is 0.117. The van der Waals surface area contributed by atoms with Crippen LogP contribution in [0.1, 0.15) is 66.5 Å². The first-order valence-corrected chi connectivity index (χ1v) is 11.0. The molecule has 0 spiro atoms. The van der Waals surface area contributed by atoms with Crippen LogP contribution in [0.15, 0.2) is 34.9 Å². The van der Waals surface area contributed by atoms with Gasteiger partial charge < -0.3 is 10.2 Å². The number of anilines is 1. The predicted octanol–water partition coefficient (Wildman–Crippen LogP) is 5.71. The molecule has 2 aromatic rings. The van der Waals surface area contributed by atoms with Crippen molar-refractivity contribution in [3.63, 3.8) is 0 Å². The number of halogens is 4. The summed E-state index contributed by atoms with van der Waals surface area (Å²) in [6.07, 6.45) is 1.75. The maximum atomic E-state index is 13.8. The van der Waals surface area contributed by atoms with Gasteiger partial charge in [-0.05, 0) is 30.5 Å². The Kier molecular flexibility index (Phi) is 5.83. The molecule has 1 fully saturated rings. The highest BCUT2D eigenvalue weighted by Gasteiger charge is 2.47. The van der Waals surface area contributed by atoms with E-state index in [-0.39, 0.29) is 29.8 Å². The van der Waals surface area contributed by atoms with Crippen LogP contribution in [0.4, 0.5) is 19.0 Å². The Hall–Kier alpha value is -2.03. The van der Waals surface area contributed by atoms with Gasteiger partial charge in [0.15, 0.2) is 6.04 Å². The lowest BCUT2D eigenvalue weighted by molar-refractivity contribution is -0.173. The number of fused-ring (bicyclic) bond motifs is 1. The molecular formula is C21H24BrF3N4O. The monoisotopic (exact) mass is 484 g/mol. The van der Waals surface area contributed by atoms with Crippen LogP contribution in [-0.4, -0.2) is 39.9 Å². The first-order chi connectivity index (χ1) is 14.3. The Bertz CT molecular complexity index is 906. The summed E-state index contributed by atoms with van der Waals surface area (Å²) in [5.74, 6) is -0.141. The van der Waals surface area contributed by atoms with Crippen molar-refractivity contribution in [2.75, 3.05) is 12.4 Å². The van der Waals surface area contributed by atoms with Crippen molar-refractivity contribution in [3.8, 4) is 0 Å². The molecule has 1 aromatic heterocycles. The van der Waals surface area contributed by atoms with E-state index in [2.05, 4.69) is 26.3 Å². The third-order valence-corrected chi connectivity index (χ3v) is 6.71. The summed E-state index contributed by atoms with van der Waals surface area (Å²) < 4.78 is 43.3. The smallest absolute Gasteiger partial charge is 0.363 e. The Balaban J connectivity index is 1.67. The number of carbonyl (C=O) groups is 1. The van der Waals surface area contributed by atoms with Gasteiger partial charge >= 0.3 is 6.18 Å². The minimum atomic E-state index is -4.47. The second kappa shape index (κ2) is 8.24. The van der Waals surface area contributed by atoms with Gasteiger partial charge in [0, 0.05) is 24.0 Å². The van der Waals surface area contributed by atoms with Crippen molar-refractivity contribution in [1.29, 1.82) is 0 Å². The molecule has 0 unspecified atom stereocenters. The van der Waals surface area contributed by atoms with Gasteiger partial charge in [0.05, 0.1) is 12.2 Å². The van der Waals surface area contributed by atoms with E-state index in [1.807, 2.05) is 0 Å². The fraction of sp³-hybridized carbons (Fsp3) is 0.524. The Morgan fingerprint density at radius 3 is 2.50 bits per heavy atom. The molecule has 162 valence electrons. The van der Waals surface area contributed by atoms with Gasteiger partial charge in [-0.15, -0.1) is 0 Å². The third-order valence-electron chi connectivity index (χ3n) is 6.18. The van der Waals surface area contributed by atoms with Gasteiger partial charge in [-0.3, -0.25) is 4.79 Å².